The second kappa shape index (κ2) is 3.99. The summed E-state index contributed by atoms with van der Waals surface area (Å²) in [6, 6.07) is 9.17. The van der Waals surface area contributed by atoms with Crippen molar-refractivity contribution in [3.05, 3.63) is 47.2 Å². The highest BCUT2D eigenvalue weighted by Crippen LogP contribution is 2.30. The highest BCUT2D eigenvalue weighted by atomic mass is 35.5. The standard InChI is InChI=1S/C13H8ClFN2O/c14-7-1-4-11-12(5-7)18-13(17-11)9-6-8(15)2-3-10(9)16/h1-6H,16H2. The molecule has 1 heterocycles. The van der Waals surface area contributed by atoms with E-state index in [0.717, 1.165) is 0 Å². The highest BCUT2D eigenvalue weighted by Gasteiger charge is 2.12. The molecule has 90 valence electrons. The van der Waals surface area contributed by atoms with E-state index in [9.17, 15) is 4.39 Å². The van der Waals surface area contributed by atoms with Gasteiger partial charge in [-0.1, -0.05) is 11.6 Å². The lowest BCUT2D eigenvalue weighted by Gasteiger charge is -2.00. The van der Waals surface area contributed by atoms with Crippen molar-refractivity contribution in [3.63, 3.8) is 0 Å². The molecule has 0 aliphatic rings. The number of rotatable bonds is 1. The number of fused-ring (bicyclic) bond motifs is 1. The Morgan fingerprint density at radius 3 is 2.83 bits per heavy atom. The molecule has 0 saturated carbocycles. The average Bonchev–Trinajstić information content (AvgIpc) is 2.74. The van der Waals surface area contributed by atoms with Gasteiger partial charge in [-0.25, -0.2) is 9.37 Å². The van der Waals surface area contributed by atoms with Crippen LogP contribution in [0.1, 0.15) is 0 Å². The molecule has 0 amide bonds. The van der Waals surface area contributed by atoms with E-state index in [-0.39, 0.29) is 11.7 Å². The number of oxazole rings is 1. The minimum atomic E-state index is -0.389. The molecule has 0 radical (unpaired) electrons. The van der Waals surface area contributed by atoms with Crippen LogP contribution in [0.5, 0.6) is 0 Å². The van der Waals surface area contributed by atoms with Gasteiger partial charge in [0, 0.05) is 16.8 Å². The molecule has 3 rings (SSSR count). The molecule has 0 unspecified atom stereocenters. The molecule has 3 nitrogen and oxygen atoms in total. The van der Waals surface area contributed by atoms with Crippen molar-refractivity contribution in [2.45, 2.75) is 0 Å². The lowest BCUT2D eigenvalue weighted by Crippen LogP contribution is -1.90. The summed E-state index contributed by atoms with van der Waals surface area (Å²) in [6.45, 7) is 0. The van der Waals surface area contributed by atoms with Crippen LogP contribution in [0.25, 0.3) is 22.6 Å². The summed E-state index contributed by atoms with van der Waals surface area (Å²) in [5.41, 5.74) is 7.82. The van der Waals surface area contributed by atoms with Gasteiger partial charge in [0.2, 0.25) is 5.89 Å². The number of halogens is 2. The summed E-state index contributed by atoms with van der Waals surface area (Å²) in [5, 5.41) is 0.553. The van der Waals surface area contributed by atoms with Gasteiger partial charge in [-0.05, 0) is 30.3 Å². The van der Waals surface area contributed by atoms with Gasteiger partial charge in [0.25, 0.3) is 0 Å². The number of benzene rings is 2. The van der Waals surface area contributed by atoms with E-state index in [4.69, 9.17) is 21.8 Å². The number of nitrogen functional groups attached to an aromatic ring is 1. The molecule has 3 aromatic rings. The maximum atomic E-state index is 13.2. The third-order valence-corrected chi connectivity index (χ3v) is 2.83. The Bertz CT molecular complexity index is 739. The largest absolute Gasteiger partial charge is 0.436 e. The van der Waals surface area contributed by atoms with Crippen molar-refractivity contribution in [2.24, 2.45) is 0 Å². The van der Waals surface area contributed by atoms with Gasteiger partial charge in [-0.3, -0.25) is 0 Å². The first-order valence-electron chi connectivity index (χ1n) is 5.25. The highest BCUT2D eigenvalue weighted by molar-refractivity contribution is 6.31. The average molecular weight is 263 g/mol. The van der Waals surface area contributed by atoms with Crippen LogP contribution < -0.4 is 5.73 Å². The molecule has 5 heteroatoms. The predicted molar refractivity (Wildman–Crippen MR) is 68.8 cm³/mol. The van der Waals surface area contributed by atoms with Gasteiger partial charge in [0.05, 0.1) is 5.56 Å². The van der Waals surface area contributed by atoms with E-state index >= 15 is 0 Å². The molecule has 1 aromatic heterocycles. The normalized spacial score (nSPS) is 11.0. The van der Waals surface area contributed by atoms with Gasteiger partial charge in [0.15, 0.2) is 5.58 Å². The Balaban J connectivity index is 2.22. The fraction of sp³-hybridized carbons (Fsp3) is 0. The van der Waals surface area contributed by atoms with E-state index in [1.54, 1.807) is 18.2 Å². The molecule has 0 aliphatic heterocycles. The minimum absolute atomic E-state index is 0.282. The van der Waals surface area contributed by atoms with Crippen LogP contribution in [-0.2, 0) is 0 Å². The summed E-state index contributed by atoms with van der Waals surface area (Å²) in [6.07, 6.45) is 0. The van der Waals surface area contributed by atoms with E-state index in [0.29, 0.717) is 27.4 Å². The molecule has 0 atom stereocenters. The first kappa shape index (κ1) is 11.0. The number of nitrogens with zero attached hydrogens (tertiary/aromatic N) is 1. The van der Waals surface area contributed by atoms with Crippen molar-refractivity contribution in [2.75, 3.05) is 5.73 Å². The Hall–Kier alpha value is -2.07. The number of hydrogen-bond donors (Lipinski definition) is 1. The predicted octanol–water partition coefficient (Wildman–Crippen LogP) is 3.87. The molecular weight excluding hydrogens is 255 g/mol. The SMILES string of the molecule is Nc1ccc(F)cc1-c1nc2ccc(Cl)cc2o1. The third-order valence-electron chi connectivity index (χ3n) is 2.60. The van der Waals surface area contributed by atoms with Crippen molar-refractivity contribution in [1.82, 2.24) is 4.98 Å². The third kappa shape index (κ3) is 1.80. The van der Waals surface area contributed by atoms with Crippen LogP contribution in [0.15, 0.2) is 40.8 Å². The molecule has 0 bridgehead atoms. The van der Waals surface area contributed by atoms with Crippen molar-refractivity contribution in [3.8, 4) is 11.5 Å². The van der Waals surface area contributed by atoms with E-state index < -0.39 is 0 Å². The Labute approximate surface area is 107 Å². The summed E-state index contributed by atoms with van der Waals surface area (Å²) >= 11 is 5.86. The summed E-state index contributed by atoms with van der Waals surface area (Å²) in [5.74, 6) is -0.108. The van der Waals surface area contributed by atoms with Gasteiger partial charge >= 0.3 is 0 Å². The van der Waals surface area contributed by atoms with Crippen LogP contribution in [-0.4, -0.2) is 4.98 Å². The van der Waals surface area contributed by atoms with Crippen LogP contribution in [0, 0.1) is 5.82 Å². The Morgan fingerprint density at radius 2 is 2.00 bits per heavy atom. The number of nitrogens with two attached hydrogens (primary N) is 1. The monoisotopic (exact) mass is 262 g/mol. The summed E-state index contributed by atoms with van der Waals surface area (Å²) in [4.78, 5) is 4.25. The number of aromatic nitrogens is 1. The molecule has 2 N–H and O–H groups in total. The Kier molecular flexibility index (Phi) is 2.45. The van der Waals surface area contributed by atoms with Gasteiger partial charge < -0.3 is 10.2 Å². The zero-order valence-corrected chi connectivity index (χ0v) is 9.91. The molecule has 18 heavy (non-hydrogen) atoms. The fourth-order valence-electron chi connectivity index (χ4n) is 1.73. The molecule has 0 fully saturated rings. The zero-order valence-electron chi connectivity index (χ0n) is 9.15. The quantitative estimate of drug-likeness (QED) is 0.677. The van der Waals surface area contributed by atoms with E-state index in [2.05, 4.69) is 4.98 Å². The summed E-state index contributed by atoms with van der Waals surface area (Å²) < 4.78 is 18.7. The summed E-state index contributed by atoms with van der Waals surface area (Å²) in [7, 11) is 0. The zero-order chi connectivity index (χ0) is 12.7. The first-order valence-corrected chi connectivity index (χ1v) is 5.63. The van der Waals surface area contributed by atoms with Crippen molar-refractivity contribution >= 4 is 28.4 Å². The van der Waals surface area contributed by atoms with Crippen LogP contribution in [0.4, 0.5) is 10.1 Å². The molecule has 0 spiro atoms. The smallest absolute Gasteiger partial charge is 0.229 e. The Morgan fingerprint density at radius 1 is 1.17 bits per heavy atom. The molecular formula is C13H8ClFN2O. The number of anilines is 1. The van der Waals surface area contributed by atoms with Crippen LogP contribution in [0.3, 0.4) is 0 Å². The number of hydrogen-bond acceptors (Lipinski definition) is 3. The van der Waals surface area contributed by atoms with E-state index in [1.165, 1.54) is 18.2 Å². The van der Waals surface area contributed by atoms with Gasteiger partial charge in [-0.15, -0.1) is 0 Å². The second-order valence-electron chi connectivity index (χ2n) is 3.86. The lowest BCUT2D eigenvalue weighted by atomic mass is 10.2. The maximum Gasteiger partial charge on any atom is 0.229 e. The molecule has 0 saturated heterocycles. The van der Waals surface area contributed by atoms with Crippen molar-refractivity contribution in [1.29, 1.82) is 0 Å². The van der Waals surface area contributed by atoms with Gasteiger partial charge in [0.1, 0.15) is 11.3 Å². The van der Waals surface area contributed by atoms with Crippen LogP contribution in [0.2, 0.25) is 5.02 Å². The van der Waals surface area contributed by atoms with E-state index in [1.807, 2.05) is 0 Å². The molecule has 2 aromatic carbocycles. The minimum Gasteiger partial charge on any atom is -0.436 e. The molecule has 0 aliphatic carbocycles. The topological polar surface area (TPSA) is 52.0 Å². The van der Waals surface area contributed by atoms with Crippen LogP contribution >= 0.6 is 11.6 Å². The fourth-order valence-corrected chi connectivity index (χ4v) is 1.89. The lowest BCUT2D eigenvalue weighted by molar-refractivity contribution is 0.611. The second-order valence-corrected chi connectivity index (χ2v) is 4.30. The maximum absolute atomic E-state index is 13.2. The van der Waals surface area contributed by atoms with Crippen molar-refractivity contribution < 1.29 is 8.81 Å². The van der Waals surface area contributed by atoms with Gasteiger partial charge in [-0.2, -0.15) is 0 Å². The first-order chi connectivity index (χ1) is 8.63.